The van der Waals surface area contributed by atoms with Gasteiger partial charge in [-0.2, -0.15) is 0 Å². The molecule has 5 heteroatoms. The van der Waals surface area contributed by atoms with Gasteiger partial charge in [-0.05, 0) is 17.7 Å². The number of hydrogen-bond acceptors (Lipinski definition) is 3. The smallest absolute Gasteiger partial charge is 0.305 e. The third kappa shape index (κ3) is 4.43. The standard InChI is InChI=1S/C13H18FNO3/c1-8(2)15-11(7-12(16)17)13(18)9-3-5-10(14)6-4-9/h3-6,8,11,13,15,18H,7H2,1-2H3,(H,16,17). The van der Waals surface area contributed by atoms with Crippen molar-refractivity contribution < 1.29 is 19.4 Å². The van der Waals surface area contributed by atoms with Crippen molar-refractivity contribution in [2.45, 2.75) is 38.5 Å². The largest absolute Gasteiger partial charge is 0.481 e. The number of aliphatic hydroxyl groups is 1. The highest BCUT2D eigenvalue weighted by atomic mass is 19.1. The Morgan fingerprint density at radius 1 is 1.33 bits per heavy atom. The van der Waals surface area contributed by atoms with Gasteiger partial charge in [-0.25, -0.2) is 4.39 Å². The van der Waals surface area contributed by atoms with Crippen molar-refractivity contribution >= 4 is 5.97 Å². The van der Waals surface area contributed by atoms with Crippen LogP contribution in [0.3, 0.4) is 0 Å². The van der Waals surface area contributed by atoms with Gasteiger partial charge in [-0.1, -0.05) is 26.0 Å². The van der Waals surface area contributed by atoms with Gasteiger partial charge in [-0.15, -0.1) is 0 Å². The van der Waals surface area contributed by atoms with Crippen LogP contribution in [0.2, 0.25) is 0 Å². The van der Waals surface area contributed by atoms with Crippen molar-refractivity contribution in [2.75, 3.05) is 0 Å². The van der Waals surface area contributed by atoms with Gasteiger partial charge >= 0.3 is 5.97 Å². The van der Waals surface area contributed by atoms with Gasteiger partial charge in [0.2, 0.25) is 0 Å². The molecule has 0 aromatic heterocycles. The topological polar surface area (TPSA) is 69.6 Å². The highest BCUT2D eigenvalue weighted by Gasteiger charge is 2.24. The van der Waals surface area contributed by atoms with Crippen LogP contribution >= 0.6 is 0 Å². The van der Waals surface area contributed by atoms with Crippen molar-refractivity contribution in [3.05, 3.63) is 35.6 Å². The molecular formula is C13H18FNO3. The number of carboxylic acids is 1. The summed E-state index contributed by atoms with van der Waals surface area (Å²) in [7, 11) is 0. The summed E-state index contributed by atoms with van der Waals surface area (Å²) < 4.78 is 12.8. The molecule has 2 unspecified atom stereocenters. The van der Waals surface area contributed by atoms with Gasteiger partial charge < -0.3 is 15.5 Å². The average molecular weight is 255 g/mol. The molecule has 1 aromatic carbocycles. The highest BCUT2D eigenvalue weighted by Crippen LogP contribution is 2.20. The predicted octanol–water partition coefficient (Wildman–Crippen LogP) is 1.70. The number of hydrogen-bond donors (Lipinski definition) is 3. The average Bonchev–Trinajstić information content (AvgIpc) is 2.27. The zero-order valence-corrected chi connectivity index (χ0v) is 10.4. The molecular weight excluding hydrogens is 237 g/mol. The van der Waals surface area contributed by atoms with Crippen molar-refractivity contribution in [2.24, 2.45) is 0 Å². The van der Waals surface area contributed by atoms with E-state index in [1.54, 1.807) is 0 Å². The fourth-order valence-corrected chi connectivity index (χ4v) is 1.77. The molecule has 1 rings (SSSR count). The Balaban J connectivity index is 2.83. The summed E-state index contributed by atoms with van der Waals surface area (Å²) in [4.78, 5) is 10.8. The van der Waals surface area contributed by atoms with Crippen molar-refractivity contribution in [3.8, 4) is 0 Å². The molecule has 1 aromatic rings. The molecule has 18 heavy (non-hydrogen) atoms. The number of halogens is 1. The van der Waals surface area contributed by atoms with Gasteiger partial charge in [0, 0.05) is 12.1 Å². The first-order valence-electron chi connectivity index (χ1n) is 5.81. The third-order valence-corrected chi connectivity index (χ3v) is 2.53. The maximum Gasteiger partial charge on any atom is 0.305 e. The summed E-state index contributed by atoms with van der Waals surface area (Å²) in [5.74, 6) is -1.38. The van der Waals surface area contributed by atoms with Crippen LogP contribution in [0, 0.1) is 5.82 Å². The zero-order chi connectivity index (χ0) is 13.7. The molecule has 0 aliphatic heterocycles. The molecule has 0 aliphatic carbocycles. The Morgan fingerprint density at radius 2 is 1.89 bits per heavy atom. The highest BCUT2D eigenvalue weighted by molar-refractivity contribution is 5.67. The lowest BCUT2D eigenvalue weighted by atomic mass is 9.99. The summed E-state index contributed by atoms with van der Waals surface area (Å²) >= 11 is 0. The minimum absolute atomic E-state index is 0.0458. The monoisotopic (exact) mass is 255 g/mol. The van der Waals surface area contributed by atoms with Gasteiger partial charge in [0.15, 0.2) is 0 Å². The predicted molar refractivity (Wildman–Crippen MR) is 65.7 cm³/mol. The van der Waals surface area contributed by atoms with E-state index in [1.807, 2.05) is 13.8 Å². The van der Waals surface area contributed by atoms with E-state index in [-0.39, 0.29) is 12.5 Å². The number of carbonyl (C=O) groups is 1. The molecule has 0 aliphatic rings. The normalized spacial score (nSPS) is 14.5. The lowest BCUT2D eigenvalue weighted by Crippen LogP contribution is -2.40. The molecule has 100 valence electrons. The number of aliphatic hydroxyl groups excluding tert-OH is 1. The fraction of sp³-hybridized carbons (Fsp3) is 0.462. The first kappa shape index (κ1) is 14.6. The van der Waals surface area contributed by atoms with E-state index in [9.17, 15) is 14.3 Å². The van der Waals surface area contributed by atoms with Crippen LogP contribution in [-0.2, 0) is 4.79 Å². The molecule has 0 heterocycles. The second kappa shape index (κ2) is 6.47. The number of nitrogens with one attached hydrogen (secondary N) is 1. The van der Waals surface area contributed by atoms with E-state index < -0.39 is 23.9 Å². The number of carboxylic acid groups (broad SMARTS) is 1. The van der Waals surface area contributed by atoms with Crippen LogP contribution in [0.1, 0.15) is 31.9 Å². The van der Waals surface area contributed by atoms with Crippen molar-refractivity contribution in [3.63, 3.8) is 0 Å². The summed E-state index contributed by atoms with van der Waals surface area (Å²) in [6.07, 6.45) is -1.18. The van der Waals surface area contributed by atoms with E-state index in [1.165, 1.54) is 24.3 Å². The van der Waals surface area contributed by atoms with E-state index in [2.05, 4.69) is 5.32 Å². The van der Waals surface area contributed by atoms with Gasteiger partial charge in [0.05, 0.1) is 12.5 Å². The summed E-state index contributed by atoms with van der Waals surface area (Å²) in [6, 6.07) is 4.84. The lowest BCUT2D eigenvalue weighted by Gasteiger charge is -2.25. The minimum Gasteiger partial charge on any atom is -0.481 e. The molecule has 3 N–H and O–H groups in total. The Kier molecular flexibility index (Phi) is 5.25. The zero-order valence-electron chi connectivity index (χ0n) is 10.4. The van der Waals surface area contributed by atoms with E-state index in [0.717, 1.165) is 0 Å². The van der Waals surface area contributed by atoms with Crippen LogP contribution in [-0.4, -0.2) is 28.3 Å². The number of rotatable bonds is 6. The van der Waals surface area contributed by atoms with Gasteiger partial charge in [-0.3, -0.25) is 4.79 Å². The molecule has 0 spiro atoms. The van der Waals surface area contributed by atoms with Crippen molar-refractivity contribution in [1.29, 1.82) is 0 Å². The SMILES string of the molecule is CC(C)NC(CC(=O)O)C(O)c1ccc(F)cc1. The fourth-order valence-electron chi connectivity index (χ4n) is 1.77. The molecule has 0 bridgehead atoms. The van der Waals surface area contributed by atoms with Crippen LogP contribution in [0.25, 0.3) is 0 Å². The third-order valence-electron chi connectivity index (χ3n) is 2.53. The second-order valence-corrected chi connectivity index (χ2v) is 4.52. The van der Waals surface area contributed by atoms with Crippen LogP contribution in [0.15, 0.2) is 24.3 Å². The van der Waals surface area contributed by atoms with Gasteiger partial charge in [0.1, 0.15) is 5.82 Å². The maximum absolute atomic E-state index is 12.8. The second-order valence-electron chi connectivity index (χ2n) is 4.52. The molecule has 0 saturated heterocycles. The Hall–Kier alpha value is -1.46. The molecule has 4 nitrogen and oxygen atoms in total. The Bertz CT molecular complexity index is 392. The Labute approximate surface area is 105 Å². The van der Waals surface area contributed by atoms with E-state index in [0.29, 0.717) is 5.56 Å². The molecule has 0 fully saturated rings. The molecule has 2 atom stereocenters. The van der Waals surface area contributed by atoms with Crippen molar-refractivity contribution in [1.82, 2.24) is 5.32 Å². The number of benzene rings is 1. The first-order valence-corrected chi connectivity index (χ1v) is 5.81. The molecule has 0 saturated carbocycles. The van der Waals surface area contributed by atoms with E-state index in [4.69, 9.17) is 5.11 Å². The lowest BCUT2D eigenvalue weighted by molar-refractivity contribution is -0.138. The number of aliphatic carboxylic acids is 1. The molecule has 0 amide bonds. The maximum atomic E-state index is 12.8. The van der Waals surface area contributed by atoms with E-state index >= 15 is 0 Å². The summed E-state index contributed by atoms with van der Waals surface area (Å²) in [5, 5.41) is 21.9. The molecule has 0 radical (unpaired) electrons. The minimum atomic E-state index is -0.991. The van der Waals surface area contributed by atoms with Crippen LogP contribution in [0.5, 0.6) is 0 Å². The van der Waals surface area contributed by atoms with Gasteiger partial charge in [0.25, 0.3) is 0 Å². The van der Waals surface area contributed by atoms with Crippen LogP contribution < -0.4 is 5.32 Å². The van der Waals surface area contributed by atoms with Crippen LogP contribution in [0.4, 0.5) is 4.39 Å². The first-order chi connectivity index (χ1) is 8.40. The quantitative estimate of drug-likeness (QED) is 0.723. The summed E-state index contributed by atoms with van der Waals surface area (Å²) in [5.41, 5.74) is 0.496. The summed E-state index contributed by atoms with van der Waals surface area (Å²) in [6.45, 7) is 3.73. The Morgan fingerprint density at radius 3 is 2.33 bits per heavy atom.